The summed E-state index contributed by atoms with van der Waals surface area (Å²) in [5.41, 5.74) is 0.314. The minimum absolute atomic E-state index is 0.0369. The molecular weight excluding hydrogens is 230 g/mol. The standard InChI is InChI=1S/C11H19N3O2.C2H6/c1-13(2)10(15)9-7-11(16-12-9)5-4-6-14(3)8-11;1-2/h4-8H2,1-3H3;1-2H3. The molecule has 1 unspecified atom stereocenters. The van der Waals surface area contributed by atoms with Crippen LogP contribution < -0.4 is 0 Å². The predicted octanol–water partition coefficient (Wildman–Crippen LogP) is 1.34. The van der Waals surface area contributed by atoms with Gasteiger partial charge in [0, 0.05) is 27.1 Å². The maximum Gasteiger partial charge on any atom is 0.271 e. The first-order chi connectivity index (χ1) is 8.52. The Morgan fingerprint density at radius 1 is 1.44 bits per heavy atom. The van der Waals surface area contributed by atoms with Gasteiger partial charge in [-0.25, -0.2) is 0 Å². The van der Waals surface area contributed by atoms with Crippen LogP contribution in [0.2, 0.25) is 0 Å². The van der Waals surface area contributed by atoms with Crippen LogP contribution in [0.1, 0.15) is 33.1 Å². The third-order valence-electron chi connectivity index (χ3n) is 3.22. The molecule has 5 heteroatoms. The zero-order chi connectivity index (χ0) is 13.8. The highest BCUT2D eigenvalue weighted by Crippen LogP contribution is 2.33. The lowest BCUT2D eigenvalue weighted by atomic mass is 9.88. The summed E-state index contributed by atoms with van der Waals surface area (Å²) in [6.45, 7) is 5.96. The SMILES string of the molecule is CC.CN1CCCC2(CC(C(=O)N(C)C)=NO2)C1. The van der Waals surface area contributed by atoms with Gasteiger partial charge in [0.1, 0.15) is 5.71 Å². The van der Waals surface area contributed by atoms with E-state index in [1.165, 1.54) is 0 Å². The average Bonchev–Trinajstić information content (AvgIpc) is 2.74. The molecule has 2 rings (SSSR count). The molecule has 1 atom stereocenters. The first-order valence-electron chi connectivity index (χ1n) is 6.68. The van der Waals surface area contributed by atoms with E-state index in [1.807, 2.05) is 13.8 Å². The van der Waals surface area contributed by atoms with Gasteiger partial charge in [-0.05, 0) is 26.4 Å². The molecule has 0 aromatic carbocycles. The molecule has 0 aromatic heterocycles. The van der Waals surface area contributed by atoms with E-state index in [9.17, 15) is 4.79 Å². The Morgan fingerprint density at radius 3 is 2.67 bits per heavy atom. The van der Waals surface area contributed by atoms with Gasteiger partial charge in [-0.15, -0.1) is 0 Å². The first kappa shape index (κ1) is 15.0. The van der Waals surface area contributed by atoms with Gasteiger partial charge in [-0.3, -0.25) is 4.79 Å². The molecule has 2 heterocycles. The number of carbonyl (C=O) groups excluding carboxylic acids is 1. The fourth-order valence-electron chi connectivity index (χ4n) is 2.43. The molecule has 0 saturated carbocycles. The summed E-state index contributed by atoms with van der Waals surface area (Å²) >= 11 is 0. The van der Waals surface area contributed by atoms with E-state index in [0.29, 0.717) is 12.1 Å². The van der Waals surface area contributed by atoms with E-state index in [0.717, 1.165) is 25.9 Å². The van der Waals surface area contributed by atoms with Crippen LogP contribution in [0.3, 0.4) is 0 Å². The highest BCUT2D eigenvalue weighted by atomic mass is 16.7. The lowest BCUT2D eigenvalue weighted by Gasteiger charge is -2.36. The molecule has 1 amide bonds. The Balaban J connectivity index is 0.000000771. The minimum atomic E-state index is -0.242. The van der Waals surface area contributed by atoms with Crippen molar-refractivity contribution in [3.05, 3.63) is 0 Å². The lowest BCUT2D eigenvalue weighted by Crippen LogP contribution is -2.47. The molecular formula is C13H25N3O2. The molecule has 1 saturated heterocycles. The maximum absolute atomic E-state index is 11.8. The Hall–Kier alpha value is -1.10. The van der Waals surface area contributed by atoms with E-state index in [1.54, 1.807) is 19.0 Å². The van der Waals surface area contributed by atoms with Crippen molar-refractivity contribution in [3.8, 4) is 0 Å². The monoisotopic (exact) mass is 255 g/mol. The van der Waals surface area contributed by atoms with Crippen LogP contribution in [-0.4, -0.2) is 61.3 Å². The summed E-state index contributed by atoms with van der Waals surface area (Å²) in [6.07, 6.45) is 2.74. The van der Waals surface area contributed by atoms with E-state index in [4.69, 9.17) is 4.84 Å². The van der Waals surface area contributed by atoms with E-state index < -0.39 is 0 Å². The van der Waals surface area contributed by atoms with Crippen LogP contribution in [-0.2, 0) is 9.63 Å². The lowest BCUT2D eigenvalue weighted by molar-refractivity contribution is -0.121. The zero-order valence-electron chi connectivity index (χ0n) is 12.2. The number of likely N-dealkylation sites (N-methyl/N-ethyl adjacent to an activating group) is 1. The van der Waals surface area contributed by atoms with Crippen molar-refractivity contribution in [2.45, 2.75) is 38.7 Å². The van der Waals surface area contributed by atoms with Gasteiger partial charge in [0.15, 0.2) is 5.60 Å². The highest BCUT2D eigenvalue weighted by molar-refractivity contribution is 6.39. The van der Waals surface area contributed by atoms with E-state index >= 15 is 0 Å². The molecule has 0 radical (unpaired) electrons. The normalized spacial score (nSPS) is 27.1. The fourth-order valence-corrected chi connectivity index (χ4v) is 2.43. The van der Waals surface area contributed by atoms with Crippen LogP contribution in [0.15, 0.2) is 5.16 Å². The third kappa shape index (κ3) is 3.22. The van der Waals surface area contributed by atoms with Crippen LogP contribution in [0.5, 0.6) is 0 Å². The number of nitrogens with zero attached hydrogens (tertiary/aromatic N) is 3. The second-order valence-electron chi connectivity index (χ2n) is 5.03. The predicted molar refractivity (Wildman–Crippen MR) is 72.6 cm³/mol. The summed E-state index contributed by atoms with van der Waals surface area (Å²) in [5, 5.41) is 3.97. The van der Waals surface area contributed by atoms with Crippen LogP contribution in [0.25, 0.3) is 0 Å². The van der Waals surface area contributed by atoms with Gasteiger partial charge in [0.25, 0.3) is 5.91 Å². The number of hydrogen-bond acceptors (Lipinski definition) is 4. The molecule has 1 fully saturated rings. The van der Waals surface area contributed by atoms with Crippen molar-refractivity contribution in [3.63, 3.8) is 0 Å². The largest absolute Gasteiger partial charge is 0.387 e. The summed E-state index contributed by atoms with van der Waals surface area (Å²) in [5.74, 6) is -0.0369. The minimum Gasteiger partial charge on any atom is -0.387 e. The molecule has 5 nitrogen and oxygen atoms in total. The Morgan fingerprint density at radius 2 is 2.11 bits per heavy atom. The molecule has 2 aliphatic heterocycles. The van der Waals surface area contributed by atoms with Crippen LogP contribution >= 0.6 is 0 Å². The number of rotatable bonds is 1. The highest BCUT2D eigenvalue weighted by Gasteiger charge is 2.43. The smallest absolute Gasteiger partial charge is 0.271 e. The van der Waals surface area contributed by atoms with Crippen LogP contribution in [0.4, 0.5) is 0 Å². The summed E-state index contributed by atoms with van der Waals surface area (Å²) < 4.78 is 0. The van der Waals surface area contributed by atoms with Gasteiger partial charge < -0.3 is 14.6 Å². The second-order valence-corrected chi connectivity index (χ2v) is 5.03. The van der Waals surface area contributed by atoms with Crippen molar-refractivity contribution in [2.75, 3.05) is 34.2 Å². The van der Waals surface area contributed by atoms with E-state index in [-0.39, 0.29) is 11.5 Å². The number of likely N-dealkylation sites (tertiary alicyclic amines) is 1. The first-order valence-corrected chi connectivity index (χ1v) is 6.68. The van der Waals surface area contributed by atoms with Crippen LogP contribution in [0, 0.1) is 0 Å². The average molecular weight is 255 g/mol. The Labute approximate surface area is 110 Å². The molecule has 0 aromatic rings. The third-order valence-corrected chi connectivity index (χ3v) is 3.22. The summed E-state index contributed by atoms with van der Waals surface area (Å²) in [4.78, 5) is 21.1. The molecule has 2 aliphatic rings. The number of piperidine rings is 1. The van der Waals surface area contributed by atoms with Crippen molar-refractivity contribution < 1.29 is 9.63 Å². The molecule has 18 heavy (non-hydrogen) atoms. The summed E-state index contributed by atoms with van der Waals surface area (Å²) in [6, 6.07) is 0. The number of amides is 1. The van der Waals surface area contributed by atoms with Gasteiger partial charge in [-0.2, -0.15) is 0 Å². The van der Waals surface area contributed by atoms with E-state index in [2.05, 4.69) is 17.1 Å². The molecule has 0 bridgehead atoms. The topological polar surface area (TPSA) is 45.1 Å². The Bertz CT molecular complexity index is 328. The van der Waals surface area contributed by atoms with Crippen molar-refractivity contribution in [2.24, 2.45) is 5.16 Å². The van der Waals surface area contributed by atoms with Crippen molar-refractivity contribution in [1.29, 1.82) is 0 Å². The molecule has 1 spiro atoms. The zero-order valence-corrected chi connectivity index (χ0v) is 12.2. The number of hydrogen-bond donors (Lipinski definition) is 0. The second kappa shape index (κ2) is 6.18. The van der Waals surface area contributed by atoms with Crippen molar-refractivity contribution >= 4 is 11.6 Å². The van der Waals surface area contributed by atoms with Gasteiger partial charge in [0.05, 0.1) is 0 Å². The quantitative estimate of drug-likeness (QED) is 0.710. The van der Waals surface area contributed by atoms with Gasteiger partial charge in [0.2, 0.25) is 0 Å². The maximum atomic E-state index is 11.8. The molecule has 0 aliphatic carbocycles. The number of oxime groups is 1. The van der Waals surface area contributed by atoms with Gasteiger partial charge in [-0.1, -0.05) is 19.0 Å². The molecule has 0 N–H and O–H groups in total. The number of carbonyl (C=O) groups is 1. The summed E-state index contributed by atoms with van der Waals surface area (Å²) in [7, 11) is 5.56. The molecule has 104 valence electrons. The van der Waals surface area contributed by atoms with Crippen molar-refractivity contribution in [1.82, 2.24) is 9.80 Å². The Kier molecular flexibility index (Phi) is 5.14. The fraction of sp³-hybridized carbons (Fsp3) is 0.846. The van der Waals surface area contributed by atoms with Gasteiger partial charge >= 0.3 is 0 Å².